The molecular formula is C14H7F5N2O. The number of nitrogens with zero attached hydrogens (tertiary/aromatic N) is 1. The Hall–Kier alpha value is -2.64. The predicted octanol–water partition coefficient (Wildman–Crippen LogP) is 4.41. The number of hydrogen-bond acceptors (Lipinski definition) is 2. The zero-order chi connectivity index (χ0) is 15.9. The second kappa shape index (κ2) is 4.97. The largest absolute Gasteiger partial charge is 0.573 e. The summed E-state index contributed by atoms with van der Waals surface area (Å²) in [6, 6.07) is 8.45. The fourth-order valence-electron chi connectivity index (χ4n) is 2.00. The van der Waals surface area contributed by atoms with Gasteiger partial charge in [0, 0.05) is 0 Å². The molecule has 0 amide bonds. The molecule has 0 atom stereocenters. The van der Waals surface area contributed by atoms with Gasteiger partial charge in [0.15, 0.2) is 11.6 Å². The first-order chi connectivity index (χ1) is 10.3. The van der Waals surface area contributed by atoms with Crippen molar-refractivity contribution >= 4 is 11.0 Å². The van der Waals surface area contributed by atoms with Gasteiger partial charge in [-0.25, -0.2) is 9.37 Å². The van der Waals surface area contributed by atoms with Crippen molar-refractivity contribution < 1.29 is 26.7 Å². The van der Waals surface area contributed by atoms with Gasteiger partial charge in [-0.15, -0.1) is 13.2 Å². The molecule has 0 aliphatic rings. The summed E-state index contributed by atoms with van der Waals surface area (Å²) in [6.07, 6.45) is -5.10. The number of halogens is 5. The van der Waals surface area contributed by atoms with Crippen LogP contribution >= 0.6 is 0 Å². The van der Waals surface area contributed by atoms with Crippen LogP contribution in [0.3, 0.4) is 0 Å². The molecule has 3 rings (SSSR count). The molecule has 0 saturated carbocycles. The van der Waals surface area contributed by atoms with E-state index in [1.54, 1.807) is 24.3 Å². The molecule has 3 aromatic rings. The van der Waals surface area contributed by atoms with E-state index < -0.39 is 23.7 Å². The minimum atomic E-state index is -5.10. The van der Waals surface area contributed by atoms with Crippen molar-refractivity contribution in [1.29, 1.82) is 0 Å². The standard InChI is InChI=1S/C14H7F5N2O/c15-11-7(5-6-10(12(11)16)22-14(17,18)19)13-20-8-3-1-2-4-9(8)21-13/h1-6H,(H,20,21). The lowest BCUT2D eigenvalue weighted by Crippen LogP contribution is -2.18. The maximum absolute atomic E-state index is 14.0. The topological polar surface area (TPSA) is 37.9 Å². The molecular weight excluding hydrogens is 307 g/mol. The number of hydrogen-bond donors (Lipinski definition) is 1. The summed E-state index contributed by atoms with van der Waals surface area (Å²) in [7, 11) is 0. The van der Waals surface area contributed by atoms with E-state index in [0.29, 0.717) is 17.1 Å². The van der Waals surface area contributed by atoms with E-state index in [0.717, 1.165) is 6.07 Å². The number of benzene rings is 2. The van der Waals surface area contributed by atoms with Crippen molar-refractivity contribution in [2.24, 2.45) is 0 Å². The third-order valence-electron chi connectivity index (χ3n) is 2.92. The number of ether oxygens (including phenoxy) is 1. The Morgan fingerprint density at radius 1 is 0.955 bits per heavy atom. The van der Waals surface area contributed by atoms with Gasteiger partial charge < -0.3 is 9.72 Å². The lowest BCUT2D eigenvalue weighted by molar-refractivity contribution is -0.275. The highest BCUT2D eigenvalue weighted by molar-refractivity contribution is 5.79. The van der Waals surface area contributed by atoms with Crippen LogP contribution in [-0.2, 0) is 0 Å². The Labute approximate surface area is 120 Å². The van der Waals surface area contributed by atoms with Crippen molar-refractivity contribution in [3.63, 3.8) is 0 Å². The molecule has 0 radical (unpaired) electrons. The lowest BCUT2D eigenvalue weighted by Gasteiger charge is -2.11. The maximum Gasteiger partial charge on any atom is 0.573 e. The molecule has 3 nitrogen and oxygen atoms in total. The SMILES string of the molecule is Fc1c(OC(F)(F)F)ccc(-c2nc3ccccc3[nH]2)c1F. The molecule has 0 aliphatic heterocycles. The molecule has 1 heterocycles. The lowest BCUT2D eigenvalue weighted by atomic mass is 10.2. The molecule has 8 heteroatoms. The van der Waals surface area contributed by atoms with E-state index >= 15 is 0 Å². The third kappa shape index (κ3) is 2.59. The summed E-state index contributed by atoms with van der Waals surface area (Å²) < 4.78 is 67.3. The van der Waals surface area contributed by atoms with Crippen molar-refractivity contribution in [1.82, 2.24) is 9.97 Å². The van der Waals surface area contributed by atoms with E-state index in [4.69, 9.17) is 0 Å². The van der Waals surface area contributed by atoms with Crippen molar-refractivity contribution in [3.8, 4) is 17.1 Å². The Kier molecular flexibility index (Phi) is 3.23. The number of fused-ring (bicyclic) bond motifs is 1. The van der Waals surface area contributed by atoms with Gasteiger partial charge in [-0.05, 0) is 24.3 Å². The maximum atomic E-state index is 14.0. The number of aromatic nitrogens is 2. The second-order valence-electron chi connectivity index (χ2n) is 4.39. The zero-order valence-electron chi connectivity index (χ0n) is 10.7. The van der Waals surface area contributed by atoms with Crippen LogP contribution in [0.2, 0.25) is 0 Å². The van der Waals surface area contributed by atoms with Crippen LogP contribution in [0, 0.1) is 11.6 Å². The molecule has 0 fully saturated rings. The molecule has 1 aromatic heterocycles. The number of nitrogens with one attached hydrogen (secondary N) is 1. The van der Waals surface area contributed by atoms with Crippen molar-refractivity contribution in [2.45, 2.75) is 6.36 Å². The average Bonchev–Trinajstić information content (AvgIpc) is 2.86. The molecule has 0 saturated heterocycles. The Morgan fingerprint density at radius 3 is 2.36 bits per heavy atom. The molecule has 2 aromatic carbocycles. The first-order valence-corrected chi connectivity index (χ1v) is 6.04. The number of para-hydroxylation sites is 2. The third-order valence-corrected chi connectivity index (χ3v) is 2.92. The van der Waals surface area contributed by atoms with Gasteiger partial charge in [0.2, 0.25) is 5.82 Å². The van der Waals surface area contributed by atoms with Gasteiger partial charge in [0.05, 0.1) is 16.6 Å². The highest BCUT2D eigenvalue weighted by Gasteiger charge is 2.33. The van der Waals surface area contributed by atoms with Gasteiger partial charge in [0.25, 0.3) is 0 Å². The van der Waals surface area contributed by atoms with E-state index in [9.17, 15) is 22.0 Å². The summed E-state index contributed by atoms with van der Waals surface area (Å²) in [5.41, 5.74) is 0.823. The second-order valence-corrected chi connectivity index (χ2v) is 4.39. The summed E-state index contributed by atoms with van der Waals surface area (Å²) in [5, 5.41) is 0. The van der Waals surface area contributed by atoms with E-state index in [1.807, 2.05) is 0 Å². The number of aromatic amines is 1. The highest BCUT2D eigenvalue weighted by atomic mass is 19.4. The van der Waals surface area contributed by atoms with Crippen LogP contribution in [-0.4, -0.2) is 16.3 Å². The Balaban J connectivity index is 2.06. The molecule has 22 heavy (non-hydrogen) atoms. The Morgan fingerprint density at radius 2 is 1.68 bits per heavy atom. The first-order valence-electron chi connectivity index (χ1n) is 6.04. The van der Waals surface area contributed by atoms with E-state index in [2.05, 4.69) is 14.7 Å². The van der Waals surface area contributed by atoms with Crippen LogP contribution in [0.1, 0.15) is 0 Å². The quantitative estimate of drug-likeness (QED) is 0.712. The van der Waals surface area contributed by atoms with Gasteiger partial charge in [-0.2, -0.15) is 4.39 Å². The van der Waals surface area contributed by atoms with Gasteiger partial charge in [-0.1, -0.05) is 12.1 Å². The number of H-pyrrole nitrogens is 1. The summed E-state index contributed by atoms with van der Waals surface area (Å²) in [6.45, 7) is 0. The van der Waals surface area contributed by atoms with E-state index in [-0.39, 0.29) is 11.4 Å². The number of alkyl halides is 3. The number of imidazole rings is 1. The van der Waals surface area contributed by atoms with Crippen molar-refractivity contribution in [2.75, 3.05) is 0 Å². The fourth-order valence-corrected chi connectivity index (χ4v) is 2.00. The minimum absolute atomic E-state index is 0.0103. The average molecular weight is 314 g/mol. The predicted molar refractivity (Wildman–Crippen MR) is 68.1 cm³/mol. The van der Waals surface area contributed by atoms with Crippen LogP contribution < -0.4 is 4.74 Å². The number of rotatable bonds is 2. The van der Waals surface area contributed by atoms with Crippen LogP contribution in [0.5, 0.6) is 5.75 Å². The molecule has 114 valence electrons. The highest BCUT2D eigenvalue weighted by Crippen LogP contribution is 2.32. The monoisotopic (exact) mass is 314 g/mol. The smallest absolute Gasteiger partial charge is 0.403 e. The van der Waals surface area contributed by atoms with Gasteiger partial charge >= 0.3 is 6.36 Å². The normalized spacial score (nSPS) is 11.9. The minimum Gasteiger partial charge on any atom is -0.403 e. The molecule has 0 spiro atoms. The Bertz CT molecular complexity index is 808. The summed E-state index contributed by atoms with van der Waals surface area (Å²) in [4.78, 5) is 6.83. The van der Waals surface area contributed by atoms with Gasteiger partial charge in [-0.3, -0.25) is 0 Å². The van der Waals surface area contributed by atoms with Gasteiger partial charge in [0.1, 0.15) is 5.82 Å². The molecule has 1 N–H and O–H groups in total. The molecule has 0 aliphatic carbocycles. The first kappa shape index (κ1) is 14.3. The van der Waals surface area contributed by atoms with Crippen LogP contribution in [0.15, 0.2) is 36.4 Å². The van der Waals surface area contributed by atoms with Crippen LogP contribution in [0.25, 0.3) is 22.4 Å². The summed E-state index contributed by atoms with van der Waals surface area (Å²) >= 11 is 0. The van der Waals surface area contributed by atoms with Crippen molar-refractivity contribution in [3.05, 3.63) is 48.0 Å². The fraction of sp³-hybridized carbons (Fsp3) is 0.0714. The van der Waals surface area contributed by atoms with Crippen LogP contribution in [0.4, 0.5) is 22.0 Å². The summed E-state index contributed by atoms with van der Waals surface area (Å²) in [5.74, 6) is -4.42. The molecule has 0 unspecified atom stereocenters. The molecule has 0 bridgehead atoms. The van der Waals surface area contributed by atoms with E-state index in [1.165, 1.54) is 0 Å². The zero-order valence-corrected chi connectivity index (χ0v) is 10.7.